The van der Waals surface area contributed by atoms with Gasteiger partial charge in [0, 0.05) is 24.6 Å². The average Bonchev–Trinajstić information content (AvgIpc) is 3.20. The molecule has 0 aliphatic carbocycles. The summed E-state index contributed by atoms with van der Waals surface area (Å²) >= 11 is 0. The Morgan fingerprint density at radius 2 is 1.96 bits per heavy atom. The van der Waals surface area contributed by atoms with Crippen LogP contribution in [0.4, 0.5) is 0 Å². The lowest BCUT2D eigenvalue weighted by Crippen LogP contribution is -2.43. The molecule has 2 unspecified atom stereocenters. The Kier molecular flexibility index (Phi) is 8.04. The smallest absolute Gasteiger partial charge is 0.191 e. The predicted octanol–water partition coefficient (Wildman–Crippen LogP) is 3.93. The molecule has 1 heterocycles. The summed E-state index contributed by atoms with van der Waals surface area (Å²) in [4.78, 5) is 4.71. The maximum absolute atomic E-state index is 5.51. The normalized spacial score (nSPS) is 13.7. The molecule has 1 aromatic carbocycles. The number of aliphatic imine (C=N–C) groups is 1. The van der Waals surface area contributed by atoms with Gasteiger partial charge in [-0.2, -0.15) is 0 Å². The van der Waals surface area contributed by atoms with E-state index in [1.165, 1.54) is 0 Å². The average molecular weight is 373 g/mol. The summed E-state index contributed by atoms with van der Waals surface area (Å²) in [5.41, 5.74) is 1.02. The Bertz CT molecular complexity index is 713. The Labute approximate surface area is 162 Å². The summed E-state index contributed by atoms with van der Waals surface area (Å²) in [5.74, 6) is 3.32. The van der Waals surface area contributed by atoms with E-state index in [0.29, 0.717) is 12.6 Å². The van der Waals surface area contributed by atoms with Crippen molar-refractivity contribution in [2.45, 2.75) is 45.7 Å². The molecule has 2 N–H and O–H groups in total. The Morgan fingerprint density at radius 3 is 2.59 bits per heavy atom. The van der Waals surface area contributed by atoms with Crippen LogP contribution in [0.1, 0.15) is 44.6 Å². The van der Waals surface area contributed by atoms with E-state index < -0.39 is 0 Å². The number of hydrogen-bond acceptors (Lipinski definition) is 4. The third kappa shape index (κ3) is 6.24. The van der Waals surface area contributed by atoms with Gasteiger partial charge < -0.3 is 24.5 Å². The predicted molar refractivity (Wildman–Crippen MR) is 109 cm³/mol. The molecule has 27 heavy (non-hydrogen) atoms. The van der Waals surface area contributed by atoms with Crippen LogP contribution in [0.5, 0.6) is 11.5 Å². The molecule has 0 spiro atoms. The molecule has 2 aromatic rings. The summed E-state index contributed by atoms with van der Waals surface area (Å²) in [7, 11) is 3.34. The fraction of sp³-hybridized carbons (Fsp3) is 0.476. The van der Waals surface area contributed by atoms with Gasteiger partial charge in [-0.05, 0) is 50.6 Å². The Hall–Kier alpha value is -2.63. The van der Waals surface area contributed by atoms with Gasteiger partial charge in [0.15, 0.2) is 5.96 Å². The summed E-state index contributed by atoms with van der Waals surface area (Å²) < 4.78 is 16.3. The zero-order valence-corrected chi connectivity index (χ0v) is 16.9. The first kappa shape index (κ1) is 20.7. The molecule has 0 aliphatic heterocycles. The van der Waals surface area contributed by atoms with Gasteiger partial charge >= 0.3 is 0 Å². The van der Waals surface area contributed by atoms with Crippen LogP contribution in [0.2, 0.25) is 0 Å². The van der Waals surface area contributed by atoms with E-state index in [0.717, 1.165) is 41.6 Å². The minimum absolute atomic E-state index is 0.00558. The Morgan fingerprint density at radius 1 is 1.15 bits per heavy atom. The molecule has 0 aliphatic rings. The molecule has 0 fully saturated rings. The second-order valence-corrected chi connectivity index (χ2v) is 6.49. The Balaban J connectivity index is 2.12. The topological polar surface area (TPSA) is 68.0 Å². The van der Waals surface area contributed by atoms with Gasteiger partial charge in [-0.15, -0.1) is 0 Å². The van der Waals surface area contributed by atoms with E-state index in [-0.39, 0.29) is 6.04 Å². The van der Waals surface area contributed by atoms with Gasteiger partial charge in [-0.3, -0.25) is 4.99 Å². The van der Waals surface area contributed by atoms with Gasteiger partial charge in [0.25, 0.3) is 0 Å². The van der Waals surface area contributed by atoms with Crippen molar-refractivity contribution in [1.29, 1.82) is 0 Å². The number of nitrogens with one attached hydrogen (secondary N) is 2. The third-order valence-electron chi connectivity index (χ3n) is 4.46. The first-order valence-electron chi connectivity index (χ1n) is 9.39. The number of methoxy groups -OCH3 is 2. The lowest BCUT2D eigenvalue weighted by Gasteiger charge is -2.23. The third-order valence-corrected chi connectivity index (χ3v) is 4.46. The highest BCUT2D eigenvalue weighted by molar-refractivity contribution is 5.80. The van der Waals surface area contributed by atoms with Gasteiger partial charge in [0.05, 0.1) is 26.5 Å². The molecule has 2 atom stereocenters. The van der Waals surface area contributed by atoms with Crippen molar-refractivity contribution >= 4 is 5.96 Å². The molecule has 148 valence electrons. The van der Waals surface area contributed by atoms with Gasteiger partial charge in [-0.25, -0.2) is 0 Å². The van der Waals surface area contributed by atoms with Crippen molar-refractivity contribution < 1.29 is 13.9 Å². The molecular weight excluding hydrogens is 342 g/mol. The number of hydrogen-bond donors (Lipinski definition) is 2. The van der Waals surface area contributed by atoms with Crippen LogP contribution >= 0.6 is 0 Å². The molecule has 1 aromatic heterocycles. The number of ether oxygens (including phenoxy) is 2. The molecule has 2 rings (SSSR count). The van der Waals surface area contributed by atoms with Crippen molar-refractivity contribution in [1.82, 2.24) is 10.6 Å². The lowest BCUT2D eigenvalue weighted by molar-refractivity contribution is 0.394. The van der Waals surface area contributed by atoms with Crippen molar-refractivity contribution in [3.63, 3.8) is 0 Å². The first-order valence-corrected chi connectivity index (χ1v) is 9.39. The van der Waals surface area contributed by atoms with Crippen molar-refractivity contribution in [3.05, 3.63) is 47.9 Å². The lowest BCUT2D eigenvalue weighted by atomic mass is 10.1. The minimum atomic E-state index is -0.00558. The fourth-order valence-corrected chi connectivity index (χ4v) is 2.66. The van der Waals surface area contributed by atoms with E-state index in [1.807, 2.05) is 30.3 Å². The summed E-state index contributed by atoms with van der Waals surface area (Å²) in [6.07, 6.45) is 3.46. The van der Waals surface area contributed by atoms with Gasteiger partial charge in [0.2, 0.25) is 0 Å². The van der Waals surface area contributed by atoms with Crippen LogP contribution in [-0.2, 0) is 6.42 Å². The molecule has 0 saturated carbocycles. The van der Waals surface area contributed by atoms with E-state index in [2.05, 4.69) is 31.4 Å². The summed E-state index contributed by atoms with van der Waals surface area (Å²) in [5, 5.41) is 6.93. The highest BCUT2D eigenvalue weighted by Crippen LogP contribution is 2.29. The number of nitrogens with zero attached hydrogens (tertiary/aromatic N) is 1. The highest BCUT2D eigenvalue weighted by Gasteiger charge is 2.15. The van der Waals surface area contributed by atoms with Crippen molar-refractivity contribution in [2.24, 2.45) is 4.99 Å². The van der Waals surface area contributed by atoms with E-state index >= 15 is 0 Å². The standard InChI is InChI=1S/C21H31N3O3/c1-6-15(2)23-21(22-12-11-17-8-7-13-27-17)24-16(3)19-14-18(25-4)9-10-20(19)26-5/h7-10,13-16H,6,11-12H2,1-5H3,(H2,22,23,24). The zero-order chi connectivity index (χ0) is 19.6. The SMILES string of the molecule is CCC(C)NC(=NCCc1ccco1)NC(C)c1cc(OC)ccc1OC. The van der Waals surface area contributed by atoms with Gasteiger partial charge in [-0.1, -0.05) is 6.92 Å². The maximum atomic E-state index is 5.51. The number of guanidine groups is 1. The molecule has 0 amide bonds. The van der Waals surface area contributed by atoms with Crippen LogP contribution in [0.3, 0.4) is 0 Å². The summed E-state index contributed by atoms with van der Waals surface area (Å²) in [6, 6.07) is 9.97. The number of rotatable bonds is 9. The number of benzene rings is 1. The highest BCUT2D eigenvalue weighted by atomic mass is 16.5. The first-order chi connectivity index (χ1) is 13.1. The van der Waals surface area contributed by atoms with Crippen molar-refractivity contribution in [2.75, 3.05) is 20.8 Å². The second-order valence-electron chi connectivity index (χ2n) is 6.49. The van der Waals surface area contributed by atoms with Crippen LogP contribution < -0.4 is 20.1 Å². The molecule has 6 nitrogen and oxygen atoms in total. The monoisotopic (exact) mass is 373 g/mol. The largest absolute Gasteiger partial charge is 0.497 e. The minimum Gasteiger partial charge on any atom is -0.497 e. The van der Waals surface area contributed by atoms with Crippen LogP contribution in [0.25, 0.3) is 0 Å². The number of furan rings is 1. The molecule has 6 heteroatoms. The molecule has 0 saturated heterocycles. The maximum Gasteiger partial charge on any atom is 0.191 e. The quantitative estimate of drug-likeness (QED) is 0.515. The van der Waals surface area contributed by atoms with Crippen molar-refractivity contribution in [3.8, 4) is 11.5 Å². The van der Waals surface area contributed by atoms with E-state index in [4.69, 9.17) is 18.9 Å². The van der Waals surface area contributed by atoms with Crippen LogP contribution in [0, 0.1) is 0 Å². The molecule has 0 bridgehead atoms. The second kappa shape index (κ2) is 10.5. The molecular formula is C21H31N3O3. The van der Waals surface area contributed by atoms with Crippen LogP contribution in [0.15, 0.2) is 46.0 Å². The van der Waals surface area contributed by atoms with E-state index in [9.17, 15) is 0 Å². The fourth-order valence-electron chi connectivity index (χ4n) is 2.66. The summed E-state index contributed by atoms with van der Waals surface area (Å²) in [6.45, 7) is 7.01. The van der Waals surface area contributed by atoms with Gasteiger partial charge in [0.1, 0.15) is 17.3 Å². The van der Waals surface area contributed by atoms with Crippen LogP contribution in [-0.4, -0.2) is 32.8 Å². The zero-order valence-electron chi connectivity index (χ0n) is 16.9. The van der Waals surface area contributed by atoms with E-state index in [1.54, 1.807) is 20.5 Å². The molecule has 0 radical (unpaired) electrons.